The molecule has 0 aliphatic heterocycles. The van der Waals surface area contributed by atoms with Gasteiger partial charge in [-0.15, -0.1) is 0 Å². The first-order valence-corrected chi connectivity index (χ1v) is 8.72. The van der Waals surface area contributed by atoms with Crippen molar-refractivity contribution in [2.24, 2.45) is 5.92 Å². The number of ether oxygens (including phenoxy) is 1. The van der Waals surface area contributed by atoms with Crippen LogP contribution in [0.2, 0.25) is 5.02 Å². The number of aryl methyl sites for hydroxylation is 1. The number of nitrogens with one attached hydrogen (secondary N) is 1. The lowest BCUT2D eigenvalue weighted by atomic mass is 9.75. The predicted molar refractivity (Wildman–Crippen MR) is 95.9 cm³/mol. The molecular weight excluding hydrogens is 359 g/mol. The van der Waals surface area contributed by atoms with Gasteiger partial charge in [-0.1, -0.05) is 23.7 Å². The Morgan fingerprint density at radius 2 is 2.12 bits per heavy atom. The van der Waals surface area contributed by atoms with Gasteiger partial charge < -0.3 is 15.2 Å². The molecule has 1 aliphatic rings. The van der Waals surface area contributed by atoms with Crippen molar-refractivity contribution in [1.29, 1.82) is 0 Å². The van der Waals surface area contributed by atoms with Gasteiger partial charge in [-0.25, -0.2) is 9.37 Å². The molecule has 7 heteroatoms. The van der Waals surface area contributed by atoms with E-state index in [1.54, 1.807) is 25.3 Å². The summed E-state index contributed by atoms with van der Waals surface area (Å²) in [5.41, 5.74) is 1.22. The summed E-state index contributed by atoms with van der Waals surface area (Å²) in [6.45, 7) is 1.71. The minimum absolute atomic E-state index is 0.0378. The zero-order valence-corrected chi connectivity index (χ0v) is 15.3. The number of amides is 1. The fourth-order valence-corrected chi connectivity index (χ4v) is 3.39. The van der Waals surface area contributed by atoms with Crippen LogP contribution in [0.3, 0.4) is 0 Å². The number of carbonyl (C=O) groups is 1. The van der Waals surface area contributed by atoms with E-state index >= 15 is 0 Å². The van der Waals surface area contributed by atoms with E-state index in [4.69, 9.17) is 16.3 Å². The van der Waals surface area contributed by atoms with Crippen molar-refractivity contribution in [3.63, 3.8) is 0 Å². The summed E-state index contributed by atoms with van der Waals surface area (Å²) in [7, 11) is 1.52. The number of hydrogen-bond donors (Lipinski definition) is 2. The van der Waals surface area contributed by atoms with Gasteiger partial charge >= 0.3 is 0 Å². The van der Waals surface area contributed by atoms with E-state index in [9.17, 15) is 14.3 Å². The molecule has 1 saturated carbocycles. The normalized spacial score (nSPS) is 20.2. The number of rotatable bonds is 5. The van der Waals surface area contributed by atoms with Crippen LogP contribution in [0, 0.1) is 18.7 Å². The van der Waals surface area contributed by atoms with Crippen LogP contribution in [0.25, 0.3) is 0 Å². The second-order valence-electron chi connectivity index (χ2n) is 6.52. The van der Waals surface area contributed by atoms with E-state index < -0.39 is 17.8 Å². The Bertz CT molecular complexity index is 807. The highest BCUT2D eigenvalue weighted by Gasteiger charge is 2.36. The topological polar surface area (TPSA) is 71.5 Å². The predicted octanol–water partition coefficient (Wildman–Crippen LogP) is 3.43. The molecule has 0 unspecified atom stereocenters. The van der Waals surface area contributed by atoms with Gasteiger partial charge in [0.05, 0.1) is 29.8 Å². The Kier molecular flexibility index (Phi) is 5.44. The van der Waals surface area contributed by atoms with Crippen molar-refractivity contribution in [2.75, 3.05) is 7.11 Å². The van der Waals surface area contributed by atoms with Gasteiger partial charge in [0, 0.05) is 12.3 Å². The van der Waals surface area contributed by atoms with Gasteiger partial charge in [0.1, 0.15) is 5.82 Å². The standard InChI is InChI=1S/C19H20ClFN2O3/c1-10-3-5-14(21)16(17(10)20)19(25)23-18(12-7-13(24)8-12)11-4-6-15(26-2)22-9-11/h3-6,9,12-13,18,24H,7-8H2,1-2H3,(H,23,25)/t12?,13?,18-/m1/s1. The Labute approximate surface area is 156 Å². The molecule has 1 fully saturated rings. The molecule has 0 bridgehead atoms. The third-order valence-corrected chi connectivity index (χ3v) is 5.23. The summed E-state index contributed by atoms with van der Waals surface area (Å²) in [6.07, 6.45) is 2.34. The number of pyridine rings is 1. The van der Waals surface area contributed by atoms with Crippen LogP contribution in [0.5, 0.6) is 5.88 Å². The third-order valence-electron chi connectivity index (χ3n) is 4.75. The van der Waals surface area contributed by atoms with Crippen LogP contribution in [0.1, 0.15) is 40.4 Å². The number of hydrogen-bond acceptors (Lipinski definition) is 4. The molecule has 3 rings (SSSR count). The molecule has 1 aromatic heterocycles. The van der Waals surface area contributed by atoms with Crippen LogP contribution in [-0.4, -0.2) is 29.2 Å². The van der Waals surface area contributed by atoms with Crippen LogP contribution in [0.15, 0.2) is 30.5 Å². The number of methoxy groups -OCH3 is 1. The molecule has 26 heavy (non-hydrogen) atoms. The van der Waals surface area contributed by atoms with Gasteiger partial charge in [-0.05, 0) is 42.9 Å². The van der Waals surface area contributed by atoms with Crippen LogP contribution >= 0.6 is 11.6 Å². The molecule has 1 amide bonds. The molecule has 138 valence electrons. The third kappa shape index (κ3) is 3.66. The number of nitrogens with zero attached hydrogens (tertiary/aromatic N) is 1. The number of halogens is 2. The number of carbonyl (C=O) groups excluding carboxylic acids is 1. The van der Waals surface area contributed by atoms with Gasteiger partial charge in [0.15, 0.2) is 0 Å². The molecule has 5 nitrogen and oxygen atoms in total. The second kappa shape index (κ2) is 7.60. The lowest BCUT2D eigenvalue weighted by Crippen LogP contribution is -2.41. The fraction of sp³-hybridized carbons (Fsp3) is 0.368. The van der Waals surface area contributed by atoms with Crippen molar-refractivity contribution in [1.82, 2.24) is 10.3 Å². The molecule has 1 atom stereocenters. The smallest absolute Gasteiger partial charge is 0.256 e. The molecule has 2 aromatic rings. The van der Waals surface area contributed by atoms with Crippen molar-refractivity contribution in [3.05, 3.63) is 58.0 Å². The lowest BCUT2D eigenvalue weighted by molar-refractivity contribution is 0.0234. The molecule has 1 aliphatic carbocycles. The number of aromatic nitrogens is 1. The van der Waals surface area contributed by atoms with Gasteiger partial charge in [0.2, 0.25) is 5.88 Å². The largest absolute Gasteiger partial charge is 0.481 e. The van der Waals surface area contributed by atoms with Gasteiger partial charge in [-0.2, -0.15) is 0 Å². The highest BCUT2D eigenvalue weighted by molar-refractivity contribution is 6.34. The zero-order valence-electron chi connectivity index (χ0n) is 14.5. The maximum atomic E-state index is 14.2. The maximum Gasteiger partial charge on any atom is 0.256 e. The van der Waals surface area contributed by atoms with E-state index in [1.165, 1.54) is 19.2 Å². The summed E-state index contributed by atoms with van der Waals surface area (Å²) >= 11 is 6.14. The molecule has 2 N–H and O–H groups in total. The summed E-state index contributed by atoms with van der Waals surface area (Å²) in [5.74, 6) is -0.757. The summed E-state index contributed by atoms with van der Waals surface area (Å²) in [4.78, 5) is 16.9. The van der Waals surface area contributed by atoms with Crippen LogP contribution in [0.4, 0.5) is 4.39 Å². The van der Waals surface area contributed by atoms with Crippen molar-refractivity contribution < 1.29 is 19.0 Å². The minimum atomic E-state index is -0.668. The van der Waals surface area contributed by atoms with Crippen molar-refractivity contribution in [3.8, 4) is 5.88 Å². The number of aliphatic hydroxyl groups excluding tert-OH is 1. The lowest BCUT2D eigenvalue weighted by Gasteiger charge is -2.38. The van der Waals surface area contributed by atoms with Gasteiger partial charge in [0.25, 0.3) is 5.91 Å². The summed E-state index contributed by atoms with van der Waals surface area (Å²) in [6, 6.07) is 5.86. The maximum absolute atomic E-state index is 14.2. The number of benzene rings is 1. The van der Waals surface area contributed by atoms with E-state index in [0.29, 0.717) is 24.3 Å². The zero-order chi connectivity index (χ0) is 18.8. The molecule has 1 heterocycles. The molecule has 0 spiro atoms. The molecule has 0 saturated heterocycles. The highest BCUT2D eigenvalue weighted by Crippen LogP contribution is 2.38. The van der Waals surface area contributed by atoms with Gasteiger partial charge in [-0.3, -0.25) is 4.79 Å². The Morgan fingerprint density at radius 1 is 1.38 bits per heavy atom. The second-order valence-corrected chi connectivity index (χ2v) is 6.90. The Morgan fingerprint density at radius 3 is 2.69 bits per heavy atom. The Hall–Kier alpha value is -2.18. The highest BCUT2D eigenvalue weighted by atomic mass is 35.5. The van der Waals surface area contributed by atoms with Crippen LogP contribution in [-0.2, 0) is 0 Å². The summed E-state index contributed by atoms with van der Waals surface area (Å²) in [5, 5.41) is 12.6. The molecular formula is C19H20ClFN2O3. The van der Waals surface area contributed by atoms with Crippen molar-refractivity contribution >= 4 is 17.5 Å². The monoisotopic (exact) mass is 378 g/mol. The van der Waals surface area contributed by atoms with E-state index in [2.05, 4.69) is 10.3 Å². The average molecular weight is 379 g/mol. The number of aliphatic hydroxyl groups is 1. The van der Waals surface area contributed by atoms with Crippen LogP contribution < -0.4 is 10.1 Å². The molecule has 0 radical (unpaired) electrons. The van der Waals surface area contributed by atoms with E-state index in [1.807, 2.05) is 0 Å². The van der Waals surface area contributed by atoms with E-state index in [-0.39, 0.29) is 22.6 Å². The Balaban J connectivity index is 1.88. The SMILES string of the molecule is COc1ccc([C@@H](NC(=O)c2c(F)ccc(C)c2Cl)C2CC(O)C2)cn1. The first-order valence-electron chi connectivity index (χ1n) is 8.34. The average Bonchev–Trinajstić information content (AvgIpc) is 2.61. The summed E-state index contributed by atoms with van der Waals surface area (Å²) < 4.78 is 19.2. The first kappa shape index (κ1) is 18.6. The van der Waals surface area contributed by atoms with E-state index in [0.717, 1.165) is 5.56 Å². The quantitative estimate of drug-likeness (QED) is 0.836. The minimum Gasteiger partial charge on any atom is -0.481 e. The fourth-order valence-electron chi connectivity index (χ4n) is 3.15. The first-order chi connectivity index (χ1) is 12.4. The molecule has 1 aromatic carbocycles. The van der Waals surface area contributed by atoms with Crippen molar-refractivity contribution in [2.45, 2.75) is 31.9 Å².